The highest BCUT2D eigenvalue weighted by molar-refractivity contribution is 6.10. The molecule has 12 heteroatoms. The number of pyridine rings is 2. The summed E-state index contributed by atoms with van der Waals surface area (Å²) < 4.78 is 23.0. The molecule has 1 saturated heterocycles. The Kier molecular flexibility index (Phi) is 36.3. The summed E-state index contributed by atoms with van der Waals surface area (Å²) in [4.78, 5) is 49.5. The largest absolute Gasteiger partial charge is 0.500 e. The van der Waals surface area contributed by atoms with Gasteiger partial charge in [-0.05, 0) is 119 Å². The van der Waals surface area contributed by atoms with Gasteiger partial charge in [-0.2, -0.15) is 0 Å². The third-order valence-corrected chi connectivity index (χ3v) is 15.2. The summed E-state index contributed by atoms with van der Waals surface area (Å²) in [7, 11) is 5.59. The number of hydrogen-bond donors (Lipinski definition) is 2. The summed E-state index contributed by atoms with van der Waals surface area (Å²) in [5.41, 5.74) is 9.91. The van der Waals surface area contributed by atoms with Crippen molar-refractivity contribution in [2.75, 3.05) is 26.0 Å². The number of aryl methyl sites for hydroxylation is 5. The molecule has 0 spiro atoms. The molecule has 79 heavy (non-hydrogen) atoms. The average molecular weight is 1100 g/mol. The zero-order valence-corrected chi connectivity index (χ0v) is 53.3. The molecule has 3 aromatic heterocycles. The Morgan fingerprint density at radius 2 is 1.44 bits per heavy atom. The lowest BCUT2D eigenvalue weighted by molar-refractivity contribution is -0.492. The fourth-order valence-corrected chi connectivity index (χ4v) is 9.04. The van der Waals surface area contributed by atoms with E-state index >= 15 is 0 Å². The molecule has 7 rings (SSSR count). The number of benzene rings is 1. The molecular weight excluding hydrogens is 986 g/mol. The van der Waals surface area contributed by atoms with Gasteiger partial charge in [0, 0.05) is 30.4 Å². The first-order chi connectivity index (χ1) is 37.7. The number of amides is 3. The van der Waals surface area contributed by atoms with E-state index in [1.165, 1.54) is 77.0 Å². The van der Waals surface area contributed by atoms with Crippen molar-refractivity contribution in [2.45, 2.75) is 245 Å². The van der Waals surface area contributed by atoms with Crippen LogP contribution in [0.5, 0.6) is 0 Å². The van der Waals surface area contributed by atoms with Gasteiger partial charge in [-0.15, -0.1) is 0 Å². The van der Waals surface area contributed by atoms with Gasteiger partial charge in [0.1, 0.15) is 31.1 Å². The number of fused-ring (bicyclic) bond motifs is 1. The van der Waals surface area contributed by atoms with E-state index in [1.807, 2.05) is 98.5 Å². The molecule has 5 unspecified atom stereocenters. The van der Waals surface area contributed by atoms with Crippen LogP contribution < -0.4 is 10.6 Å². The fraction of sp³-hybridized carbons (Fsp3) is 0.657. The van der Waals surface area contributed by atoms with Crippen molar-refractivity contribution < 1.29 is 28.1 Å². The van der Waals surface area contributed by atoms with E-state index in [4.69, 9.17) is 4.74 Å². The van der Waals surface area contributed by atoms with Crippen LogP contribution in [0.1, 0.15) is 254 Å². The number of rotatable bonds is 17. The van der Waals surface area contributed by atoms with Crippen molar-refractivity contribution in [2.24, 2.45) is 24.8 Å². The minimum atomic E-state index is -0.583. The number of nitrogens with one attached hydrogen (secondary N) is 2. The van der Waals surface area contributed by atoms with Crippen LogP contribution in [-0.4, -0.2) is 74.9 Å². The molecule has 3 aliphatic rings. The van der Waals surface area contributed by atoms with Crippen LogP contribution in [0.4, 0.5) is 10.3 Å². The van der Waals surface area contributed by atoms with Gasteiger partial charge in [-0.1, -0.05) is 172 Å². The molecule has 1 aliphatic carbocycles. The molecule has 1 aromatic carbocycles. The first kappa shape index (κ1) is 71.8. The molecule has 4 aromatic rings. The minimum absolute atomic E-state index is 0.188. The second-order valence-electron chi connectivity index (χ2n) is 22.1. The number of carbonyl (C=O) groups excluding carboxylic acids is 3. The first-order valence-corrected chi connectivity index (χ1v) is 30.7. The van der Waals surface area contributed by atoms with Gasteiger partial charge in [0.05, 0.1) is 41.9 Å². The Labute approximate surface area is 480 Å². The molecule has 3 amide bonds. The number of unbranched alkanes of at least 4 members (excludes halogenated alkanes) is 3. The predicted molar refractivity (Wildman–Crippen MR) is 333 cm³/mol. The maximum Gasteiger partial charge on any atom is 0.258 e. The number of ether oxygens (including phenoxy) is 1. The zero-order valence-electron chi connectivity index (χ0n) is 53.3. The lowest BCUT2D eigenvalue weighted by Gasteiger charge is -2.21. The molecule has 2 fully saturated rings. The van der Waals surface area contributed by atoms with E-state index in [-0.39, 0.29) is 29.6 Å². The maximum atomic E-state index is 13.4. The van der Waals surface area contributed by atoms with Crippen LogP contribution in [0.25, 0.3) is 16.6 Å². The van der Waals surface area contributed by atoms with E-state index in [0.29, 0.717) is 30.3 Å². The lowest BCUT2D eigenvalue weighted by Crippen LogP contribution is -2.39. The Morgan fingerprint density at radius 1 is 0.810 bits per heavy atom. The first-order valence-electron chi connectivity index (χ1n) is 30.7. The highest BCUT2D eigenvalue weighted by Gasteiger charge is 2.29. The number of anilines is 1. The van der Waals surface area contributed by atoms with Crippen molar-refractivity contribution >= 4 is 46.5 Å². The third-order valence-electron chi connectivity index (χ3n) is 15.2. The van der Waals surface area contributed by atoms with Gasteiger partial charge in [0.2, 0.25) is 17.8 Å². The zero-order chi connectivity index (χ0) is 59.6. The molecule has 0 radical (unpaired) electrons. The summed E-state index contributed by atoms with van der Waals surface area (Å²) >= 11 is 0. The Balaban J connectivity index is 0.000000538. The van der Waals surface area contributed by atoms with Crippen molar-refractivity contribution in [3.63, 3.8) is 0 Å². The molecule has 5 heterocycles. The fourth-order valence-electron chi connectivity index (χ4n) is 9.04. The summed E-state index contributed by atoms with van der Waals surface area (Å²) in [6.45, 7) is 34.4. The number of hydrogen-bond acceptors (Lipinski definition) is 7. The van der Waals surface area contributed by atoms with Crippen molar-refractivity contribution in [1.29, 1.82) is 0 Å². The molecule has 0 bridgehead atoms. The number of nitrogens with zero attached hydrogens (tertiary/aromatic N) is 5. The van der Waals surface area contributed by atoms with E-state index in [1.54, 1.807) is 19.2 Å². The predicted octanol–water partition coefficient (Wildman–Crippen LogP) is 17.4. The van der Waals surface area contributed by atoms with Crippen LogP contribution in [-0.2, 0) is 21.4 Å². The Hall–Kier alpha value is -5.26. The molecule has 2 N–H and O–H groups in total. The second-order valence-corrected chi connectivity index (χ2v) is 22.1. The van der Waals surface area contributed by atoms with Gasteiger partial charge >= 0.3 is 0 Å². The second kappa shape index (κ2) is 40.0. The minimum Gasteiger partial charge on any atom is -0.500 e. The molecule has 11 nitrogen and oxygen atoms in total. The number of methoxy groups -OCH3 is 1. The van der Waals surface area contributed by atoms with E-state index in [9.17, 15) is 18.8 Å². The van der Waals surface area contributed by atoms with Crippen LogP contribution in [0, 0.1) is 52.4 Å². The number of halogens is 1. The van der Waals surface area contributed by atoms with Crippen LogP contribution >= 0.6 is 0 Å². The SMILES string of the molecule is C1CCCC1.CC.CCCC.CCCC(C)C(F)CC(C)CC.CCCCCC(C)CC.COC1=C(c2cc(C(=O)Nc3nc4ccc(C)cc4n3C)cc(C)n2)C=[N+](C)CC1.Cc1cc(C2CCC(=O)NC2=O)nc(C)c1C. The topological polar surface area (TPSA) is 131 Å². The van der Waals surface area contributed by atoms with E-state index < -0.39 is 6.17 Å². The standard InChI is InChI=1S/C23H25N5O2.C13H16N2O2.C11H23F.C9H20.C5H10.C4H10.C2H6/c1-14-6-7-18-20(10-14)28(4)23(25-18)26-22(29)16-11-15(2)24-19(12-16)17-13-27(3)9-8-21(17)30-5;1-7-6-11(14-9(3)8(7)2)10-4-5-12(16)15-13(10)17;1-5-7-10(4)11(12)8-9(3)6-2;1-4-6-7-8-9(3)5-2;1-2-4-5-3-1;1-3-4-2;1-2/h6-7,10-13H,8-9H2,1-5H3;6,10H,4-5H2,1-3H3,(H,15,16,17);9-11H,5-8H2,1-4H3;9H,4-8H2,1-3H3;1-5H2;3-4H2,1-2H3;1-2H3/p+1. The highest BCUT2D eigenvalue weighted by Crippen LogP contribution is 2.27. The lowest BCUT2D eigenvalue weighted by atomic mass is 9.92. The quantitative estimate of drug-likeness (QED) is 0.0611. The number of carbonyl (C=O) groups is 3. The van der Waals surface area contributed by atoms with Crippen molar-refractivity contribution in [3.05, 3.63) is 87.2 Å². The van der Waals surface area contributed by atoms with Gasteiger partial charge in [0.25, 0.3) is 5.91 Å². The number of imidazole rings is 1. The third kappa shape index (κ3) is 26.3. The summed E-state index contributed by atoms with van der Waals surface area (Å²) in [6, 6.07) is 11.6. The van der Waals surface area contributed by atoms with Gasteiger partial charge < -0.3 is 9.30 Å². The monoisotopic (exact) mass is 1100 g/mol. The number of aromatic nitrogens is 4. The molecule has 1 saturated carbocycles. The normalized spacial score (nSPS) is 16.1. The summed E-state index contributed by atoms with van der Waals surface area (Å²) in [5, 5.41) is 5.31. The number of allylic oxidation sites excluding steroid dienone is 1. The van der Waals surface area contributed by atoms with Crippen molar-refractivity contribution in [1.82, 2.24) is 24.8 Å². The van der Waals surface area contributed by atoms with Crippen molar-refractivity contribution in [3.8, 4) is 0 Å². The van der Waals surface area contributed by atoms with E-state index in [2.05, 4.69) is 91.6 Å². The Morgan fingerprint density at radius 3 is 1.99 bits per heavy atom. The van der Waals surface area contributed by atoms with Gasteiger partial charge in [-0.3, -0.25) is 35.0 Å². The maximum absolute atomic E-state index is 13.4. The molecule has 444 valence electrons. The van der Waals surface area contributed by atoms with E-state index in [0.717, 1.165) is 106 Å². The van der Waals surface area contributed by atoms with Gasteiger partial charge in [0.15, 0.2) is 6.21 Å². The molecular formula is C67H111FN7O4+. The Bertz CT molecular complexity index is 2440. The number of imide groups is 1. The number of piperidine rings is 1. The van der Waals surface area contributed by atoms with Crippen LogP contribution in [0.15, 0.2) is 42.2 Å². The average Bonchev–Trinajstić information content (AvgIpc) is 4.16. The summed E-state index contributed by atoms with van der Waals surface area (Å²) in [5.74, 6) is 2.22. The van der Waals surface area contributed by atoms with Crippen LogP contribution in [0.2, 0.25) is 0 Å². The molecule has 2 aliphatic heterocycles. The smallest absolute Gasteiger partial charge is 0.258 e. The van der Waals surface area contributed by atoms with Crippen LogP contribution in [0.3, 0.4) is 0 Å². The molecule has 5 atom stereocenters. The summed E-state index contributed by atoms with van der Waals surface area (Å²) in [6.07, 6.45) is 24.3. The van der Waals surface area contributed by atoms with Gasteiger partial charge in [-0.25, -0.2) is 13.9 Å². The highest BCUT2D eigenvalue weighted by atomic mass is 19.1. The number of alkyl halides is 1.